The fourth-order valence-electron chi connectivity index (χ4n) is 1.44. The predicted molar refractivity (Wildman–Crippen MR) is 60.1 cm³/mol. The first-order valence-electron chi connectivity index (χ1n) is 4.87. The summed E-state index contributed by atoms with van der Waals surface area (Å²) in [6, 6.07) is 9.78. The molecule has 0 saturated heterocycles. The van der Waals surface area contributed by atoms with Crippen LogP contribution >= 0.6 is 0 Å². The van der Waals surface area contributed by atoms with E-state index in [2.05, 4.69) is 62.3 Å². The van der Waals surface area contributed by atoms with Crippen LogP contribution in [-0.4, -0.2) is 38.0 Å². The summed E-state index contributed by atoms with van der Waals surface area (Å²) in [7, 11) is 8.30. The molecule has 0 bridgehead atoms. The third-order valence-electron chi connectivity index (χ3n) is 1.89. The summed E-state index contributed by atoms with van der Waals surface area (Å²) >= 11 is 0. The highest BCUT2D eigenvalue weighted by Gasteiger charge is 1.92. The van der Waals surface area contributed by atoms with Crippen molar-refractivity contribution in [3.05, 3.63) is 35.4 Å². The monoisotopic (exact) mass is 191 g/mol. The zero-order valence-electron chi connectivity index (χ0n) is 9.54. The molecule has 0 fully saturated rings. The molecule has 2 heteroatoms. The Labute approximate surface area is 87.1 Å². The minimum Gasteiger partial charge on any atom is -0.307 e. The molecule has 0 heterocycles. The van der Waals surface area contributed by atoms with Crippen LogP contribution in [-0.2, 0) is 13.1 Å². The summed E-state index contributed by atoms with van der Waals surface area (Å²) < 4.78 is 0. The minimum atomic E-state index is 0.960. The van der Waals surface area contributed by atoms with Gasteiger partial charge in [0, 0.05) is 13.1 Å². The van der Waals surface area contributed by atoms with Crippen LogP contribution in [0.1, 0.15) is 11.1 Å². The minimum absolute atomic E-state index is 0.960. The van der Waals surface area contributed by atoms with E-state index in [0.717, 1.165) is 13.1 Å². The van der Waals surface area contributed by atoms with Gasteiger partial charge in [-0.2, -0.15) is 24.3 Å². The Morgan fingerprint density at radius 3 is 1.71 bits per heavy atom. The molecule has 0 N–H and O–H groups in total. The molecule has 2 nitrogen and oxygen atoms in total. The average molecular weight is 191 g/mol. The normalized spacial score (nSPS) is 11.3. The number of rotatable bonds is 4. The second kappa shape index (κ2) is 5.13. The summed E-state index contributed by atoms with van der Waals surface area (Å²) in [6.07, 6.45) is 0. The Morgan fingerprint density at radius 1 is 0.929 bits per heavy atom. The van der Waals surface area contributed by atoms with Crippen LogP contribution in [0.5, 0.6) is 0 Å². The average Bonchev–Trinajstić information content (AvgIpc) is 2.01. The predicted octanol–water partition coefficient (Wildman–Crippen LogP) is 1.61. The van der Waals surface area contributed by atoms with Crippen LogP contribution < -0.4 is 0 Å². The topological polar surface area (TPSA) is 6.48 Å². The van der Waals surface area contributed by atoms with Gasteiger partial charge in [-0.05, 0) is 28.2 Å². The van der Waals surface area contributed by atoms with Crippen LogP contribution in [0.3, 0.4) is 0 Å². The van der Waals surface area contributed by atoms with Gasteiger partial charge in [-0.15, -0.1) is 11.1 Å². The van der Waals surface area contributed by atoms with Gasteiger partial charge in [-0.25, -0.2) is 0 Å². The maximum Gasteiger partial charge on any atom is 0.000130 e. The number of nitrogens with zero attached hydrogens (tertiary/aromatic N) is 2. The van der Waals surface area contributed by atoms with Crippen LogP contribution in [0.4, 0.5) is 0 Å². The molecule has 0 aromatic heterocycles. The van der Waals surface area contributed by atoms with Gasteiger partial charge in [0.2, 0.25) is 0 Å². The molecule has 78 valence electrons. The van der Waals surface area contributed by atoms with Gasteiger partial charge in [0.25, 0.3) is 0 Å². The summed E-state index contributed by atoms with van der Waals surface area (Å²) in [5.41, 5.74) is 2.52. The molecule has 0 unspecified atom stereocenters. The van der Waals surface area contributed by atoms with Crippen molar-refractivity contribution < 1.29 is 0 Å². The molecule has 1 aromatic carbocycles. The highest BCUT2D eigenvalue weighted by molar-refractivity contribution is 5.21. The quantitative estimate of drug-likeness (QED) is 0.667. The number of hydrogen-bond acceptors (Lipinski definition) is 2. The van der Waals surface area contributed by atoms with Crippen molar-refractivity contribution in [1.82, 2.24) is 9.80 Å². The smallest absolute Gasteiger partial charge is 0.000130 e. The van der Waals surface area contributed by atoms with Gasteiger partial charge in [0.15, 0.2) is 0 Å². The van der Waals surface area contributed by atoms with E-state index in [1.165, 1.54) is 11.1 Å². The lowest BCUT2D eigenvalue weighted by Crippen LogP contribution is -2.13. The Kier molecular flexibility index (Phi) is 4.11. The molecule has 0 radical (unpaired) electrons. The standard InChI is InChI=1S/C12H19N2/c1-13(2)9-11-6-5-7-12(8-11)10-14(3)4/h5-7H,9-10H2,1-4H3/q-1. The van der Waals surface area contributed by atoms with Crippen molar-refractivity contribution in [3.63, 3.8) is 0 Å². The van der Waals surface area contributed by atoms with Crippen molar-refractivity contribution in [2.45, 2.75) is 13.1 Å². The molecule has 0 atom stereocenters. The second-order valence-corrected chi connectivity index (χ2v) is 4.18. The van der Waals surface area contributed by atoms with Gasteiger partial charge < -0.3 is 9.80 Å². The highest BCUT2D eigenvalue weighted by atomic mass is 15.1. The van der Waals surface area contributed by atoms with Crippen molar-refractivity contribution in [3.8, 4) is 0 Å². The van der Waals surface area contributed by atoms with Crippen LogP contribution in [0.25, 0.3) is 0 Å². The first-order valence-corrected chi connectivity index (χ1v) is 4.87. The van der Waals surface area contributed by atoms with Gasteiger partial charge in [-0.3, -0.25) is 0 Å². The lowest BCUT2D eigenvalue weighted by atomic mass is 10.1. The molecule has 0 amide bonds. The van der Waals surface area contributed by atoms with E-state index in [-0.39, 0.29) is 0 Å². The van der Waals surface area contributed by atoms with Crippen LogP contribution in [0.2, 0.25) is 0 Å². The number of benzene rings is 1. The summed E-state index contributed by atoms with van der Waals surface area (Å²) in [6.45, 7) is 1.92. The molecular formula is C12H19N2-. The molecule has 0 aliphatic heterocycles. The number of hydrogen-bond donors (Lipinski definition) is 0. The second-order valence-electron chi connectivity index (χ2n) is 4.18. The van der Waals surface area contributed by atoms with Crippen molar-refractivity contribution in [2.75, 3.05) is 28.2 Å². The maximum atomic E-state index is 3.42. The van der Waals surface area contributed by atoms with E-state index >= 15 is 0 Å². The first kappa shape index (κ1) is 11.2. The van der Waals surface area contributed by atoms with Gasteiger partial charge in [0.1, 0.15) is 0 Å². The molecule has 1 aromatic rings. The van der Waals surface area contributed by atoms with E-state index in [0.29, 0.717) is 0 Å². The van der Waals surface area contributed by atoms with Crippen molar-refractivity contribution in [2.24, 2.45) is 0 Å². The van der Waals surface area contributed by atoms with E-state index in [1.807, 2.05) is 0 Å². The lowest BCUT2D eigenvalue weighted by Gasteiger charge is -2.18. The van der Waals surface area contributed by atoms with Crippen molar-refractivity contribution >= 4 is 0 Å². The Bertz CT molecular complexity index is 254. The SMILES string of the molecule is CN(C)Cc1[c-]c(CN(C)C)ccc1. The Balaban J connectivity index is 2.68. The van der Waals surface area contributed by atoms with Crippen LogP contribution in [0, 0.1) is 6.07 Å². The molecular weight excluding hydrogens is 172 g/mol. The molecule has 0 aliphatic rings. The molecule has 0 spiro atoms. The van der Waals surface area contributed by atoms with Gasteiger partial charge in [0.05, 0.1) is 0 Å². The van der Waals surface area contributed by atoms with Crippen molar-refractivity contribution in [1.29, 1.82) is 0 Å². The summed E-state index contributed by atoms with van der Waals surface area (Å²) in [5, 5.41) is 0. The molecule has 1 rings (SSSR count). The summed E-state index contributed by atoms with van der Waals surface area (Å²) in [4.78, 5) is 4.32. The maximum absolute atomic E-state index is 3.42. The van der Waals surface area contributed by atoms with E-state index in [9.17, 15) is 0 Å². The van der Waals surface area contributed by atoms with E-state index in [1.54, 1.807) is 0 Å². The zero-order chi connectivity index (χ0) is 10.6. The molecule has 0 aliphatic carbocycles. The molecule has 14 heavy (non-hydrogen) atoms. The lowest BCUT2D eigenvalue weighted by molar-refractivity contribution is 0.395. The van der Waals surface area contributed by atoms with Gasteiger partial charge >= 0.3 is 0 Å². The highest BCUT2D eigenvalue weighted by Crippen LogP contribution is 2.07. The van der Waals surface area contributed by atoms with Gasteiger partial charge in [-0.1, -0.05) is 0 Å². The zero-order valence-corrected chi connectivity index (χ0v) is 9.54. The molecule has 0 saturated carbocycles. The fourth-order valence-corrected chi connectivity index (χ4v) is 1.44. The fraction of sp³-hybridized carbons (Fsp3) is 0.500. The van der Waals surface area contributed by atoms with Crippen LogP contribution in [0.15, 0.2) is 18.2 Å². The summed E-state index contributed by atoms with van der Waals surface area (Å²) in [5.74, 6) is 0. The van der Waals surface area contributed by atoms with E-state index in [4.69, 9.17) is 0 Å². The third kappa shape index (κ3) is 3.90. The Morgan fingerprint density at radius 2 is 1.36 bits per heavy atom. The third-order valence-corrected chi connectivity index (χ3v) is 1.89. The largest absolute Gasteiger partial charge is 0.307 e. The van der Waals surface area contributed by atoms with E-state index < -0.39 is 0 Å². The Hall–Kier alpha value is -0.860. The first-order chi connectivity index (χ1) is 6.58.